The van der Waals surface area contributed by atoms with Gasteiger partial charge in [-0.1, -0.05) is 0 Å². The lowest BCUT2D eigenvalue weighted by molar-refractivity contribution is -0.152. The minimum Gasteiger partial charge on any atom is -0.497 e. The minimum atomic E-state index is -0.772. The van der Waals surface area contributed by atoms with E-state index in [-0.39, 0.29) is 0 Å². The van der Waals surface area contributed by atoms with Gasteiger partial charge in [0.25, 0.3) is 0 Å². The zero-order chi connectivity index (χ0) is 19.3. The van der Waals surface area contributed by atoms with E-state index >= 15 is 0 Å². The third kappa shape index (κ3) is 4.74. The first-order valence-electron chi connectivity index (χ1n) is 8.25. The molecule has 2 aromatic rings. The lowest BCUT2D eigenvalue weighted by atomic mass is 10.1. The molecule has 1 heterocycles. The molecule has 2 rings (SSSR count). The number of hydrogen-bond acceptors (Lipinski definition) is 7. The van der Waals surface area contributed by atoms with Crippen LogP contribution < -0.4 is 10.5 Å². The number of fused-ring (bicyclic) bond motifs is 1. The quantitative estimate of drug-likeness (QED) is 0.589. The molecule has 1 unspecified atom stereocenters. The highest BCUT2D eigenvalue weighted by atomic mass is 16.7. The second kappa shape index (κ2) is 8.68. The Bertz CT molecular complexity index is 782. The standard InChI is InChI=1S/C18H25N3O5/c1-12(19)17(22)25-11-26-18(23)21-10-13(7-8-20(2)3)15-9-14(24-4)5-6-16(15)21/h5-6,9-10,12H,7-8,11,19H2,1-4H3. The van der Waals surface area contributed by atoms with Crippen molar-refractivity contribution in [2.45, 2.75) is 19.4 Å². The lowest BCUT2D eigenvalue weighted by Gasteiger charge is -2.09. The van der Waals surface area contributed by atoms with Crippen molar-refractivity contribution in [3.05, 3.63) is 30.0 Å². The first kappa shape index (κ1) is 19.7. The Morgan fingerprint density at radius 2 is 2.00 bits per heavy atom. The second-order valence-electron chi connectivity index (χ2n) is 6.24. The Kier molecular flexibility index (Phi) is 6.59. The number of carbonyl (C=O) groups excluding carboxylic acids is 2. The molecule has 1 aromatic carbocycles. The van der Waals surface area contributed by atoms with Crippen molar-refractivity contribution in [1.29, 1.82) is 0 Å². The van der Waals surface area contributed by atoms with Crippen LogP contribution in [0.4, 0.5) is 4.79 Å². The van der Waals surface area contributed by atoms with E-state index in [1.165, 1.54) is 11.5 Å². The van der Waals surface area contributed by atoms with Crippen molar-refractivity contribution in [1.82, 2.24) is 9.47 Å². The van der Waals surface area contributed by atoms with E-state index in [2.05, 4.69) is 4.90 Å². The summed E-state index contributed by atoms with van der Waals surface area (Å²) in [7, 11) is 5.57. The van der Waals surface area contributed by atoms with Gasteiger partial charge in [-0.2, -0.15) is 0 Å². The molecule has 0 radical (unpaired) electrons. The Morgan fingerprint density at radius 3 is 2.62 bits per heavy atom. The molecule has 0 fully saturated rings. The molecule has 0 bridgehead atoms. The van der Waals surface area contributed by atoms with Crippen LogP contribution >= 0.6 is 0 Å². The van der Waals surface area contributed by atoms with Gasteiger partial charge in [-0.05, 0) is 51.2 Å². The molecule has 0 amide bonds. The number of rotatable bonds is 7. The van der Waals surface area contributed by atoms with Crippen molar-refractivity contribution in [2.24, 2.45) is 5.73 Å². The number of aromatic nitrogens is 1. The number of esters is 1. The molecule has 0 saturated heterocycles. The molecular weight excluding hydrogens is 338 g/mol. The molecule has 0 aliphatic carbocycles. The number of hydrogen-bond donors (Lipinski definition) is 1. The number of carbonyl (C=O) groups is 2. The summed E-state index contributed by atoms with van der Waals surface area (Å²) in [6.45, 7) is 1.84. The molecule has 1 aromatic heterocycles. The third-order valence-corrected chi connectivity index (χ3v) is 3.87. The summed E-state index contributed by atoms with van der Waals surface area (Å²) in [5.74, 6) is 0.0761. The van der Waals surface area contributed by atoms with Crippen LogP contribution in [0, 0.1) is 0 Å². The second-order valence-corrected chi connectivity index (χ2v) is 6.24. The van der Waals surface area contributed by atoms with Gasteiger partial charge in [-0.25, -0.2) is 4.79 Å². The van der Waals surface area contributed by atoms with Crippen LogP contribution in [0.2, 0.25) is 0 Å². The van der Waals surface area contributed by atoms with Gasteiger partial charge in [0.1, 0.15) is 11.8 Å². The average Bonchev–Trinajstić information content (AvgIpc) is 2.97. The molecular formula is C18H25N3O5. The van der Waals surface area contributed by atoms with Crippen LogP contribution in [0.1, 0.15) is 12.5 Å². The highest BCUT2D eigenvalue weighted by Crippen LogP contribution is 2.26. The zero-order valence-electron chi connectivity index (χ0n) is 15.5. The molecule has 1 atom stereocenters. The van der Waals surface area contributed by atoms with E-state index < -0.39 is 24.9 Å². The largest absolute Gasteiger partial charge is 0.497 e. The van der Waals surface area contributed by atoms with Crippen molar-refractivity contribution < 1.29 is 23.8 Å². The first-order chi connectivity index (χ1) is 12.3. The Hall–Kier alpha value is -2.58. The van der Waals surface area contributed by atoms with Crippen LogP contribution in [-0.4, -0.2) is 62.1 Å². The SMILES string of the molecule is COc1ccc2c(c1)c(CCN(C)C)cn2C(=O)OCOC(=O)C(C)N. The number of nitrogens with zero attached hydrogens (tertiary/aromatic N) is 2. The molecule has 8 nitrogen and oxygen atoms in total. The summed E-state index contributed by atoms with van der Waals surface area (Å²) in [5.41, 5.74) is 7.09. The summed E-state index contributed by atoms with van der Waals surface area (Å²) in [6.07, 6.45) is 1.87. The van der Waals surface area contributed by atoms with Crippen LogP contribution in [0.5, 0.6) is 5.75 Å². The summed E-state index contributed by atoms with van der Waals surface area (Å²) in [5, 5.41) is 0.913. The van der Waals surface area contributed by atoms with E-state index in [1.54, 1.807) is 25.4 Å². The van der Waals surface area contributed by atoms with E-state index in [4.69, 9.17) is 19.9 Å². The molecule has 2 N–H and O–H groups in total. The van der Waals surface area contributed by atoms with Gasteiger partial charge in [0.05, 0.1) is 12.6 Å². The van der Waals surface area contributed by atoms with Crippen molar-refractivity contribution in [3.8, 4) is 5.75 Å². The molecule has 0 saturated carbocycles. The maximum atomic E-state index is 12.4. The molecule has 142 valence electrons. The zero-order valence-corrected chi connectivity index (χ0v) is 15.5. The highest BCUT2D eigenvalue weighted by molar-refractivity contribution is 5.92. The topological polar surface area (TPSA) is 96.0 Å². The van der Waals surface area contributed by atoms with Gasteiger partial charge in [0.2, 0.25) is 6.79 Å². The smallest absolute Gasteiger partial charge is 0.421 e. The fraction of sp³-hybridized carbons (Fsp3) is 0.444. The molecule has 0 aliphatic heterocycles. The normalized spacial score (nSPS) is 12.2. The molecule has 0 aliphatic rings. The molecule has 8 heteroatoms. The predicted octanol–water partition coefficient (Wildman–Crippen LogP) is 1.59. The van der Waals surface area contributed by atoms with Gasteiger partial charge >= 0.3 is 12.1 Å². The third-order valence-electron chi connectivity index (χ3n) is 3.87. The minimum absolute atomic E-state index is 0.484. The van der Waals surface area contributed by atoms with Gasteiger partial charge < -0.3 is 24.8 Å². The van der Waals surface area contributed by atoms with Crippen LogP contribution in [0.25, 0.3) is 10.9 Å². The van der Waals surface area contributed by atoms with Crippen LogP contribution in [-0.2, 0) is 20.7 Å². The van der Waals surface area contributed by atoms with Gasteiger partial charge in [-0.15, -0.1) is 0 Å². The van der Waals surface area contributed by atoms with E-state index in [9.17, 15) is 9.59 Å². The average molecular weight is 363 g/mol. The lowest BCUT2D eigenvalue weighted by Crippen LogP contribution is -2.30. The summed E-state index contributed by atoms with van der Waals surface area (Å²) in [6, 6.07) is 4.69. The Balaban J connectivity index is 2.22. The fourth-order valence-corrected chi connectivity index (χ4v) is 2.44. The number of ether oxygens (including phenoxy) is 3. The van der Waals surface area contributed by atoms with E-state index in [1.807, 2.05) is 20.2 Å². The van der Waals surface area contributed by atoms with Crippen molar-refractivity contribution >= 4 is 23.0 Å². The maximum absolute atomic E-state index is 12.4. The van der Waals surface area contributed by atoms with E-state index in [0.717, 1.165) is 23.9 Å². The highest BCUT2D eigenvalue weighted by Gasteiger charge is 2.17. The van der Waals surface area contributed by atoms with E-state index in [0.29, 0.717) is 11.3 Å². The summed E-state index contributed by atoms with van der Waals surface area (Å²) >= 11 is 0. The Morgan fingerprint density at radius 1 is 1.27 bits per heavy atom. The molecule has 26 heavy (non-hydrogen) atoms. The van der Waals surface area contributed by atoms with Gasteiger partial charge in [0, 0.05) is 18.1 Å². The first-order valence-corrected chi connectivity index (χ1v) is 8.25. The van der Waals surface area contributed by atoms with Crippen LogP contribution in [0.3, 0.4) is 0 Å². The van der Waals surface area contributed by atoms with Gasteiger partial charge in [-0.3, -0.25) is 9.36 Å². The fourth-order valence-electron chi connectivity index (χ4n) is 2.44. The predicted molar refractivity (Wildman–Crippen MR) is 97.2 cm³/mol. The number of nitrogens with two attached hydrogens (primary N) is 1. The number of benzene rings is 1. The summed E-state index contributed by atoms with van der Waals surface area (Å²) in [4.78, 5) is 25.8. The summed E-state index contributed by atoms with van der Waals surface area (Å²) < 4.78 is 16.5. The van der Waals surface area contributed by atoms with Crippen LogP contribution in [0.15, 0.2) is 24.4 Å². The van der Waals surface area contributed by atoms with Crippen molar-refractivity contribution in [2.75, 3.05) is 34.5 Å². The number of methoxy groups -OCH3 is 1. The molecule has 0 spiro atoms. The monoisotopic (exact) mass is 363 g/mol. The maximum Gasteiger partial charge on any atom is 0.421 e. The number of likely N-dealkylation sites (N-methyl/N-ethyl adjacent to an activating group) is 1. The Labute approximate surface area is 152 Å². The van der Waals surface area contributed by atoms with Gasteiger partial charge in [0.15, 0.2) is 0 Å². The van der Waals surface area contributed by atoms with Crippen molar-refractivity contribution in [3.63, 3.8) is 0 Å².